The third kappa shape index (κ3) is 4.70. The fourth-order valence-corrected chi connectivity index (χ4v) is 4.41. The third-order valence-corrected chi connectivity index (χ3v) is 6.44. The molecule has 0 spiro atoms. The number of sulfone groups is 1. The Hall–Kier alpha value is -3.13. The van der Waals surface area contributed by atoms with Gasteiger partial charge < -0.3 is 14.6 Å². The molecule has 1 aromatic carbocycles. The number of carbonyl (C=O) groups is 1. The molecule has 0 aliphatic carbocycles. The summed E-state index contributed by atoms with van der Waals surface area (Å²) in [5.41, 5.74) is 4.06. The molecule has 0 saturated heterocycles. The Bertz CT molecular complexity index is 1320. The highest BCUT2D eigenvalue weighted by Crippen LogP contribution is 2.32. The Labute approximate surface area is 188 Å². The van der Waals surface area contributed by atoms with Crippen LogP contribution in [0.1, 0.15) is 32.8 Å². The van der Waals surface area contributed by atoms with Crippen molar-refractivity contribution < 1.29 is 17.9 Å². The van der Waals surface area contributed by atoms with E-state index in [0.29, 0.717) is 19.5 Å². The van der Waals surface area contributed by atoms with Crippen molar-refractivity contribution in [3.05, 3.63) is 54.4 Å². The summed E-state index contributed by atoms with van der Waals surface area (Å²) in [6.07, 6.45) is 7.33. The number of fused-ring (bicyclic) bond motifs is 1. The van der Waals surface area contributed by atoms with Gasteiger partial charge in [-0.25, -0.2) is 18.2 Å². The van der Waals surface area contributed by atoms with Gasteiger partial charge >= 0.3 is 6.09 Å². The van der Waals surface area contributed by atoms with Crippen LogP contribution in [0.2, 0.25) is 0 Å². The average Bonchev–Trinajstić information content (AvgIpc) is 3.15. The van der Waals surface area contributed by atoms with Crippen molar-refractivity contribution in [2.24, 2.45) is 0 Å². The molecule has 7 nitrogen and oxygen atoms in total. The predicted molar refractivity (Wildman–Crippen MR) is 125 cm³/mol. The molecule has 1 aliphatic rings. The first-order valence-corrected chi connectivity index (χ1v) is 12.4. The minimum absolute atomic E-state index is 0.279. The summed E-state index contributed by atoms with van der Waals surface area (Å²) >= 11 is 0. The first-order chi connectivity index (χ1) is 15.0. The molecule has 1 N–H and O–H groups in total. The van der Waals surface area contributed by atoms with Crippen LogP contribution in [0.25, 0.3) is 27.7 Å². The highest BCUT2D eigenvalue weighted by molar-refractivity contribution is 7.90. The normalized spacial score (nSPS) is 15.0. The fraction of sp³-hybridized carbons (Fsp3) is 0.333. The van der Waals surface area contributed by atoms with Gasteiger partial charge in [0, 0.05) is 48.3 Å². The van der Waals surface area contributed by atoms with Gasteiger partial charge in [0.05, 0.1) is 4.90 Å². The number of rotatable bonds is 3. The zero-order valence-corrected chi connectivity index (χ0v) is 19.5. The first kappa shape index (κ1) is 22.1. The molecule has 0 saturated carbocycles. The second kappa shape index (κ2) is 8.09. The van der Waals surface area contributed by atoms with E-state index in [1.165, 1.54) is 6.26 Å². The lowest BCUT2D eigenvalue weighted by molar-refractivity contribution is 0.0270. The Kier molecular flexibility index (Phi) is 5.58. The molecule has 0 bridgehead atoms. The Morgan fingerprint density at radius 1 is 1.19 bits per heavy atom. The van der Waals surface area contributed by atoms with Crippen molar-refractivity contribution in [3.8, 4) is 11.1 Å². The van der Waals surface area contributed by atoms with E-state index in [0.717, 1.165) is 33.3 Å². The fourth-order valence-electron chi connectivity index (χ4n) is 3.74. The lowest BCUT2D eigenvalue weighted by atomic mass is 9.98. The van der Waals surface area contributed by atoms with E-state index in [-0.39, 0.29) is 11.0 Å². The summed E-state index contributed by atoms with van der Waals surface area (Å²) in [6, 6.07) is 8.90. The molecule has 32 heavy (non-hydrogen) atoms. The maximum atomic E-state index is 12.3. The number of aromatic nitrogens is 2. The zero-order valence-electron chi connectivity index (χ0n) is 18.7. The molecule has 1 aliphatic heterocycles. The molecular formula is C24H27N3O4S. The van der Waals surface area contributed by atoms with Crippen LogP contribution in [-0.4, -0.2) is 54.3 Å². The summed E-state index contributed by atoms with van der Waals surface area (Å²) in [5.74, 6) is 0. The summed E-state index contributed by atoms with van der Waals surface area (Å²) in [6.45, 7) is 6.64. The van der Waals surface area contributed by atoms with Crippen molar-refractivity contribution in [2.45, 2.75) is 37.7 Å². The van der Waals surface area contributed by atoms with Gasteiger partial charge in [0.25, 0.3) is 0 Å². The van der Waals surface area contributed by atoms with Crippen molar-refractivity contribution >= 4 is 32.5 Å². The number of nitrogens with zero attached hydrogens (tertiary/aromatic N) is 2. The molecule has 3 aromatic rings. The summed E-state index contributed by atoms with van der Waals surface area (Å²) < 4.78 is 29.3. The van der Waals surface area contributed by atoms with Crippen LogP contribution >= 0.6 is 0 Å². The molecule has 8 heteroatoms. The lowest BCUT2D eigenvalue weighted by Gasteiger charge is -2.29. The number of amides is 1. The molecule has 0 fully saturated rings. The monoisotopic (exact) mass is 453 g/mol. The van der Waals surface area contributed by atoms with Crippen LogP contribution in [0.3, 0.4) is 0 Å². The number of H-pyrrole nitrogens is 1. The second-order valence-electron chi connectivity index (χ2n) is 9.03. The SMILES string of the molecule is CC(C)(C)OC(=O)N1CC=C(c2c[nH]c3ncc(-c4cccc(S(C)(=O)=O)c4)cc23)CC1. The number of hydrogen-bond acceptors (Lipinski definition) is 5. The van der Waals surface area contributed by atoms with E-state index in [1.54, 1.807) is 29.3 Å². The highest BCUT2D eigenvalue weighted by Gasteiger charge is 2.24. The van der Waals surface area contributed by atoms with Gasteiger partial charge in [-0.15, -0.1) is 0 Å². The molecule has 168 valence electrons. The minimum atomic E-state index is -3.29. The van der Waals surface area contributed by atoms with Crippen LogP contribution in [-0.2, 0) is 14.6 Å². The number of carbonyl (C=O) groups excluding carboxylic acids is 1. The number of pyridine rings is 1. The van der Waals surface area contributed by atoms with Crippen molar-refractivity contribution in [3.63, 3.8) is 0 Å². The average molecular weight is 454 g/mol. The van der Waals surface area contributed by atoms with Gasteiger partial charge in [0.2, 0.25) is 0 Å². The number of ether oxygens (including phenoxy) is 1. The van der Waals surface area contributed by atoms with E-state index in [9.17, 15) is 13.2 Å². The summed E-state index contributed by atoms with van der Waals surface area (Å²) in [7, 11) is -3.29. The molecule has 0 radical (unpaired) electrons. The van der Waals surface area contributed by atoms with Crippen molar-refractivity contribution in [1.29, 1.82) is 0 Å². The molecule has 4 rings (SSSR count). The third-order valence-electron chi connectivity index (χ3n) is 5.33. The predicted octanol–water partition coefficient (Wildman–Crippen LogP) is 4.66. The van der Waals surface area contributed by atoms with Gasteiger partial charge in [-0.1, -0.05) is 18.2 Å². The molecule has 2 aromatic heterocycles. The highest BCUT2D eigenvalue weighted by atomic mass is 32.2. The van der Waals surface area contributed by atoms with Gasteiger partial charge in [-0.3, -0.25) is 0 Å². The van der Waals surface area contributed by atoms with Gasteiger partial charge in [-0.05, 0) is 56.5 Å². The van der Waals surface area contributed by atoms with Gasteiger partial charge in [0.15, 0.2) is 9.84 Å². The number of nitrogens with one attached hydrogen (secondary N) is 1. The van der Waals surface area contributed by atoms with E-state index < -0.39 is 15.4 Å². The van der Waals surface area contributed by atoms with Gasteiger partial charge in [-0.2, -0.15) is 0 Å². The molecular weight excluding hydrogens is 426 g/mol. The maximum Gasteiger partial charge on any atom is 0.410 e. The van der Waals surface area contributed by atoms with Crippen molar-refractivity contribution in [2.75, 3.05) is 19.3 Å². The Morgan fingerprint density at radius 3 is 2.62 bits per heavy atom. The standard InChI is InChI=1S/C24H27N3O4S/c1-24(2,3)31-23(28)27-10-8-16(9-11-27)21-15-26-22-20(21)13-18(14-25-22)17-6-5-7-19(12-17)32(4,29)30/h5-8,12-15H,9-11H2,1-4H3,(H,25,26). The lowest BCUT2D eigenvalue weighted by Crippen LogP contribution is -2.39. The van der Waals surface area contributed by atoms with Crippen molar-refractivity contribution in [1.82, 2.24) is 14.9 Å². The summed E-state index contributed by atoms with van der Waals surface area (Å²) in [4.78, 5) is 22.1. The zero-order chi connectivity index (χ0) is 23.1. The van der Waals surface area contributed by atoms with Gasteiger partial charge in [0.1, 0.15) is 11.2 Å². The smallest absolute Gasteiger partial charge is 0.410 e. The maximum absolute atomic E-state index is 12.3. The molecule has 3 heterocycles. The Balaban J connectivity index is 1.63. The van der Waals surface area contributed by atoms with E-state index in [2.05, 4.69) is 9.97 Å². The Morgan fingerprint density at radius 2 is 1.97 bits per heavy atom. The quantitative estimate of drug-likeness (QED) is 0.623. The second-order valence-corrected chi connectivity index (χ2v) is 11.0. The number of hydrogen-bond donors (Lipinski definition) is 1. The van der Waals surface area contributed by atoms with Crippen LogP contribution in [0, 0.1) is 0 Å². The minimum Gasteiger partial charge on any atom is -0.444 e. The number of benzene rings is 1. The van der Waals surface area contributed by atoms with Crippen LogP contribution in [0.4, 0.5) is 4.79 Å². The van der Waals surface area contributed by atoms with E-state index in [1.807, 2.05) is 45.2 Å². The molecule has 1 amide bonds. The van der Waals surface area contributed by atoms with Crippen LogP contribution in [0.5, 0.6) is 0 Å². The van der Waals surface area contributed by atoms with Crippen LogP contribution in [0.15, 0.2) is 53.7 Å². The number of aromatic amines is 1. The summed E-state index contributed by atoms with van der Waals surface area (Å²) in [5, 5.41) is 0.962. The van der Waals surface area contributed by atoms with E-state index >= 15 is 0 Å². The topological polar surface area (TPSA) is 92.4 Å². The molecule has 0 atom stereocenters. The molecule has 0 unspecified atom stereocenters. The van der Waals surface area contributed by atoms with E-state index in [4.69, 9.17) is 4.74 Å². The first-order valence-electron chi connectivity index (χ1n) is 10.5. The van der Waals surface area contributed by atoms with Crippen LogP contribution < -0.4 is 0 Å². The largest absolute Gasteiger partial charge is 0.444 e.